The van der Waals surface area contributed by atoms with E-state index in [1.807, 2.05) is 12.3 Å². The molecule has 3 rings (SSSR count). The number of rotatable bonds is 5. The molecule has 0 radical (unpaired) electrons. The number of nitrogens with one attached hydrogen (secondary N) is 1. The Balaban J connectivity index is 1.60. The molecule has 22 heavy (non-hydrogen) atoms. The number of thiazole rings is 1. The number of halogens is 1. The maximum absolute atomic E-state index is 12.8. The van der Waals surface area contributed by atoms with Gasteiger partial charge in [-0.3, -0.25) is 0 Å². The number of benzene rings is 2. The van der Waals surface area contributed by atoms with E-state index in [9.17, 15) is 4.39 Å². The molecule has 3 aromatic rings. The van der Waals surface area contributed by atoms with Crippen LogP contribution < -0.4 is 5.32 Å². The quantitative estimate of drug-likeness (QED) is 0.748. The van der Waals surface area contributed by atoms with Crippen molar-refractivity contribution < 1.29 is 4.39 Å². The molecule has 0 spiro atoms. The Morgan fingerprint density at radius 1 is 1.05 bits per heavy atom. The Hall–Kier alpha value is -2.04. The lowest BCUT2D eigenvalue weighted by atomic mass is 10.1. The summed E-state index contributed by atoms with van der Waals surface area (Å²) in [5.74, 6) is -0.202. The van der Waals surface area contributed by atoms with Crippen molar-refractivity contribution in [2.45, 2.75) is 20.0 Å². The van der Waals surface area contributed by atoms with Crippen LogP contribution in [0.15, 0.2) is 54.7 Å². The molecule has 112 valence electrons. The number of hydrogen-bond donors (Lipinski definition) is 1. The first-order valence-electron chi connectivity index (χ1n) is 7.18. The second kappa shape index (κ2) is 6.81. The minimum Gasteiger partial charge on any atom is -0.306 e. The molecule has 0 bridgehead atoms. The lowest BCUT2D eigenvalue weighted by Crippen LogP contribution is -2.12. The summed E-state index contributed by atoms with van der Waals surface area (Å²) in [5.41, 5.74) is 3.57. The van der Waals surface area contributed by atoms with E-state index < -0.39 is 0 Å². The van der Waals surface area contributed by atoms with Crippen molar-refractivity contribution in [3.63, 3.8) is 0 Å². The number of aromatic nitrogens is 1. The Morgan fingerprint density at radius 2 is 1.82 bits per heavy atom. The fourth-order valence-electron chi connectivity index (χ4n) is 2.28. The predicted octanol–water partition coefficient (Wildman–Crippen LogP) is 4.55. The van der Waals surface area contributed by atoms with E-state index in [-0.39, 0.29) is 5.82 Å². The molecule has 1 heterocycles. The molecule has 0 fully saturated rings. The van der Waals surface area contributed by atoms with Crippen LogP contribution in [0.3, 0.4) is 0 Å². The fourth-order valence-corrected chi connectivity index (χ4v) is 3.26. The van der Waals surface area contributed by atoms with E-state index in [2.05, 4.69) is 35.4 Å². The van der Waals surface area contributed by atoms with Crippen LogP contribution in [0.5, 0.6) is 0 Å². The molecule has 0 unspecified atom stereocenters. The molecule has 0 amide bonds. The molecule has 0 saturated carbocycles. The SMILES string of the molecule is Cc1ccccc1-c1cnc(CNCc2ccc(F)cc2)s1. The summed E-state index contributed by atoms with van der Waals surface area (Å²) in [6.45, 7) is 3.54. The zero-order valence-corrected chi connectivity index (χ0v) is 13.2. The first-order chi connectivity index (χ1) is 10.7. The topological polar surface area (TPSA) is 24.9 Å². The molecule has 0 aliphatic rings. The minimum absolute atomic E-state index is 0.202. The van der Waals surface area contributed by atoms with Crippen LogP contribution in [0.1, 0.15) is 16.1 Å². The summed E-state index contributed by atoms with van der Waals surface area (Å²) in [7, 11) is 0. The highest BCUT2D eigenvalue weighted by Crippen LogP contribution is 2.28. The normalized spacial score (nSPS) is 10.8. The van der Waals surface area contributed by atoms with E-state index in [1.165, 1.54) is 28.1 Å². The number of hydrogen-bond acceptors (Lipinski definition) is 3. The smallest absolute Gasteiger partial charge is 0.123 e. The van der Waals surface area contributed by atoms with Crippen molar-refractivity contribution in [3.8, 4) is 10.4 Å². The minimum atomic E-state index is -0.202. The molecule has 1 aromatic heterocycles. The van der Waals surface area contributed by atoms with Gasteiger partial charge in [0.15, 0.2) is 0 Å². The van der Waals surface area contributed by atoms with Gasteiger partial charge in [0.25, 0.3) is 0 Å². The maximum atomic E-state index is 12.8. The zero-order valence-electron chi connectivity index (χ0n) is 12.3. The summed E-state index contributed by atoms with van der Waals surface area (Å²) in [4.78, 5) is 5.67. The molecule has 2 aromatic carbocycles. The van der Waals surface area contributed by atoms with Crippen LogP contribution in [-0.4, -0.2) is 4.98 Å². The maximum Gasteiger partial charge on any atom is 0.123 e. The van der Waals surface area contributed by atoms with Crippen LogP contribution in [0.2, 0.25) is 0 Å². The van der Waals surface area contributed by atoms with Crippen molar-refractivity contribution in [2.75, 3.05) is 0 Å². The molecule has 0 atom stereocenters. The van der Waals surface area contributed by atoms with E-state index >= 15 is 0 Å². The van der Waals surface area contributed by atoms with Crippen molar-refractivity contribution in [3.05, 3.63) is 76.7 Å². The van der Waals surface area contributed by atoms with Crippen molar-refractivity contribution in [1.82, 2.24) is 10.3 Å². The standard InChI is InChI=1S/C18H17FN2S/c1-13-4-2-3-5-16(13)17-11-21-18(22-17)12-20-10-14-6-8-15(19)9-7-14/h2-9,11,20H,10,12H2,1H3. The average molecular weight is 312 g/mol. The van der Waals surface area contributed by atoms with Gasteiger partial charge in [0.1, 0.15) is 10.8 Å². The lowest BCUT2D eigenvalue weighted by Gasteiger charge is -2.03. The third kappa shape index (κ3) is 3.59. The van der Waals surface area contributed by atoms with Crippen LogP contribution in [-0.2, 0) is 13.1 Å². The molecule has 1 N–H and O–H groups in total. The van der Waals surface area contributed by atoms with Gasteiger partial charge in [-0.2, -0.15) is 0 Å². The fraction of sp³-hybridized carbons (Fsp3) is 0.167. The molecule has 0 aliphatic heterocycles. The third-order valence-electron chi connectivity index (χ3n) is 3.48. The Labute approximate surface area is 133 Å². The van der Waals surface area contributed by atoms with Crippen LogP contribution in [0.4, 0.5) is 4.39 Å². The second-order valence-electron chi connectivity index (χ2n) is 5.16. The third-order valence-corrected chi connectivity index (χ3v) is 4.51. The molecular formula is C18H17FN2S. The molecule has 2 nitrogen and oxygen atoms in total. The number of aryl methyl sites for hydroxylation is 1. The monoisotopic (exact) mass is 312 g/mol. The van der Waals surface area contributed by atoms with Crippen molar-refractivity contribution in [1.29, 1.82) is 0 Å². The predicted molar refractivity (Wildman–Crippen MR) is 89.2 cm³/mol. The van der Waals surface area contributed by atoms with E-state index in [0.29, 0.717) is 13.1 Å². The van der Waals surface area contributed by atoms with Crippen molar-refractivity contribution in [2.24, 2.45) is 0 Å². The lowest BCUT2D eigenvalue weighted by molar-refractivity contribution is 0.625. The Kier molecular flexibility index (Phi) is 4.61. The molecular weight excluding hydrogens is 295 g/mol. The van der Waals surface area contributed by atoms with Crippen molar-refractivity contribution >= 4 is 11.3 Å². The summed E-state index contributed by atoms with van der Waals surface area (Å²) >= 11 is 1.70. The van der Waals surface area contributed by atoms with E-state index in [0.717, 1.165) is 10.6 Å². The first-order valence-corrected chi connectivity index (χ1v) is 8.00. The van der Waals surface area contributed by atoms with Crippen LogP contribution >= 0.6 is 11.3 Å². The summed E-state index contributed by atoms with van der Waals surface area (Å²) < 4.78 is 12.8. The van der Waals surface area contributed by atoms with Gasteiger partial charge in [0.2, 0.25) is 0 Å². The number of nitrogens with zero attached hydrogens (tertiary/aromatic N) is 1. The Bertz CT molecular complexity index is 750. The highest BCUT2D eigenvalue weighted by atomic mass is 32.1. The molecule has 0 aliphatic carbocycles. The summed E-state index contributed by atoms with van der Waals surface area (Å²) in [6, 6.07) is 14.9. The van der Waals surface area contributed by atoms with Crippen LogP contribution in [0, 0.1) is 12.7 Å². The van der Waals surface area contributed by atoms with E-state index in [4.69, 9.17) is 0 Å². The van der Waals surface area contributed by atoms with Gasteiger partial charge < -0.3 is 5.32 Å². The van der Waals surface area contributed by atoms with Crippen LogP contribution in [0.25, 0.3) is 10.4 Å². The van der Waals surface area contributed by atoms with Gasteiger partial charge >= 0.3 is 0 Å². The largest absolute Gasteiger partial charge is 0.306 e. The summed E-state index contributed by atoms with van der Waals surface area (Å²) in [5, 5.41) is 4.40. The van der Waals surface area contributed by atoms with Gasteiger partial charge in [0, 0.05) is 19.3 Å². The van der Waals surface area contributed by atoms with Gasteiger partial charge in [-0.1, -0.05) is 36.4 Å². The van der Waals surface area contributed by atoms with Gasteiger partial charge in [-0.25, -0.2) is 9.37 Å². The van der Waals surface area contributed by atoms with Gasteiger partial charge in [-0.15, -0.1) is 11.3 Å². The highest BCUT2D eigenvalue weighted by molar-refractivity contribution is 7.15. The van der Waals surface area contributed by atoms with Gasteiger partial charge in [0.05, 0.1) is 4.88 Å². The summed E-state index contributed by atoms with van der Waals surface area (Å²) in [6.07, 6.45) is 1.93. The Morgan fingerprint density at radius 3 is 2.59 bits per heavy atom. The average Bonchev–Trinajstić information content (AvgIpc) is 2.98. The second-order valence-corrected chi connectivity index (χ2v) is 6.28. The molecule has 4 heteroatoms. The van der Waals surface area contributed by atoms with E-state index in [1.54, 1.807) is 23.5 Å². The van der Waals surface area contributed by atoms with Gasteiger partial charge in [-0.05, 0) is 35.7 Å². The highest BCUT2D eigenvalue weighted by Gasteiger charge is 2.06. The molecule has 0 saturated heterocycles. The first kappa shape index (κ1) is 14.9. The zero-order chi connectivity index (χ0) is 15.4.